The molecule has 2 aliphatic heterocycles. The Morgan fingerprint density at radius 2 is 1.81 bits per heavy atom. The van der Waals surface area contributed by atoms with Crippen molar-refractivity contribution in [1.29, 1.82) is 0 Å². The van der Waals surface area contributed by atoms with Crippen LogP contribution in [-0.4, -0.2) is 54.7 Å². The third-order valence-corrected chi connectivity index (χ3v) is 7.96. The zero-order valence-corrected chi connectivity index (χ0v) is 22.1. The van der Waals surface area contributed by atoms with Crippen molar-refractivity contribution in [3.8, 4) is 11.5 Å². The molecule has 2 aromatic carbocycles. The van der Waals surface area contributed by atoms with Gasteiger partial charge in [0.05, 0.1) is 22.9 Å². The van der Waals surface area contributed by atoms with Crippen LogP contribution in [0.25, 0.3) is 10.2 Å². The number of hydrogen-bond acceptors (Lipinski definition) is 7. The van der Waals surface area contributed by atoms with E-state index in [1.54, 1.807) is 17.6 Å². The second-order valence-corrected chi connectivity index (χ2v) is 10.5. The highest BCUT2D eigenvalue weighted by molar-refractivity contribution is 7.22. The second kappa shape index (κ2) is 11.5. The van der Waals surface area contributed by atoms with Gasteiger partial charge in [-0.25, -0.2) is 4.98 Å². The molecule has 4 aromatic rings. The van der Waals surface area contributed by atoms with Gasteiger partial charge >= 0.3 is 0 Å². The first kappa shape index (κ1) is 25.6. The van der Waals surface area contributed by atoms with Crippen LogP contribution < -0.4 is 14.4 Å². The molecule has 0 N–H and O–H groups in total. The molecule has 1 saturated heterocycles. The van der Waals surface area contributed by atoms with Crippen molar-refractivity contribution in [1.82, 2.24) is 9.88 Å². The molecule has 7 nitrogen and oxygen atoms in total. The fraction of sp³-hybridized carbons (Fsp3) is 0.357. The van der Waals surface area contributed by atoms with Crippen molar-refractivity contribution >= 4 is 45.0 Å². The van der Waals surface area contributed by atoms with Gasteiger partial charge in [-0.15, -0.1) is 12.4 Å². The van der Waals surface area contributed by atoms with Crippen molar-refractivity contribution in [2.24, 2.45) is 5.92 Å². The van der Waals surface area contributed by atoms with E-state index in [0.717, 1.165) is 59.3 Å². The van der Waals surface area contributed by atoms with Crippen LogP contribution in [0.1, 0.15) is 18.6 Å². The number of aromatic nitrogens is 1. The molecule has 4 heterocycles. The Hall–Kier alpha value is -3.07. The Bertz CT molecular complexity index is 1290. The molecule has 0 bridgehead atoms. The van der Waals surface area contributed by atoms with E-state index in [1.807, 2.05) is 59.5 Å². The molecule has 2 aliphatic rings. The predicted molar refractivity (Wildman–Crippen MR) is 147 cm³/mol. The van der Waals surface area contributed by atoms with E-state index in [1.165, 1.54) is 0 Å². The van der Waals surface area contributed by atoms with Crippen LogP contribution in [0.2, 0.25) is 0 Å². The third kappa shape index (κ3) is 5.92. The van der Waals surface area contributed by atoms with Crippen molar-refractivity contribution in [2.75, 3.05) is 37.7 Å². The maximum absolute atomic E-state index is 13.4. The summed E-state index contributed by atoms with van der Waals surface area (Å²) in [5.41, 5.74) is 0.930. The fourth-order valence-electron chi connectivity index (χ4n) is 4.97. The predicted octanol–water partition coefficient (Wildman–Crippen LogP) is 5.44. The summed E-state index contributed by atoms with van der Waals surface area (Å²) >= 11 is 1.58. The summed E-state index contributed by atoms with van der Waals surface area (Å²) in [6, 6.07) is 19.6. The van der Waals surface area contributed by atoms with Gasteiger partial charge in [0.1, 0.15) is 18.5 Å². The summed E-state index contributed by atoms with van der Waals surface area (Å²) < 4.78 is 18.6. The minimum Gasteiger partial charge on any atom is -0.486 e. The molecule has 1 amide bonds. The number of piperidine rings is 1. The van der Waals surface area contributed by atoms with Gasteiger partial charge in [-0.2, -0.15) is 0 Å². The number of fused-ring (bicyclic) bond motifs is 2. The number of halogens is 1. The Kier molecular flexibility index (Phi) is 7.98. The average molecular weight is 540 g/mol. The summed E-state index contributed by atoms with van der Waals surface area (Å²) in [5.74, 6) is 2.76. The summed E-state index contributed by atoms with van der Waals surface area (Å²) in [6.45, 7) is 4.05. The minimum atomic E-state index is 0. The SMILES string of the molecule is Cl.O=C(Cc1ccco1)N(CC1CCN(CC2COc3ccccc3O2)CC1)c1nc2ccccc2s1. The number of likely N-dealkylation sites (tertiary alicyclic amines) is 1. The molecular weight excluding hydrogens is 510 g/mol. The van der Waals surface area contributed by atoms with E-state index < -0.39 is 0 Å². The molecule has 2 aromatic heterocycles. The lowest BCUT2D eigenvalue weighted by atomic mass is 9.96. The monoisotopic (exact) mass is 539 g/mol. The number of carbonyl (C=O) groups is 1. The number of thiazole rings is 1. The summed E-state index contributed by atoms with van der Waals surface area (Å²) in [6.07, 6.45) is 3.94. The van der Waals surface area contributed by atoms with Gasteiger partial charge in [-0.3, -0.25) is 14.6 Å². The Balaban J connectivity index is 0.00000280. The Morgan fingerprint density at radius 1 is 1.03 bits per heavy atom. The molecule has 0 saturated carbocycles. The topological polar surface area (TPSA) is 68.0 Å². The van der Waals surface area contributed by atoms with Gasteiger partial charge in [0.25, 0.3) is 0 Å². The lowest BCUT2D eigenvalue weighted by molar-refractivity contribution is -0.118. The first-order chi connectivity index (χ1) is 17.7. The molecule has 9 heteroatoms. The Morgan fingerprint density at radius 3 is 2.59 bits per heavy atom. The summed E-state index contributed by atoms with van der Waals surface area (Å²) in [4.78, 5) is 22.5. The van der Waals surface area contributed by atoms with Crippen LogP contribution in [-0.2, 0) is 11.2 Å². The number of hydrogen-bond donors (Lipinski definition) is 0. The van der Waals surface area contributed by atoms with Crippen LogP contribution in [0.5, 0.6) is 11.5 Å². The van der Waals surface area contributed by atoms with E-state index in [4.69, 9.17) is 18.9 Å². The molecule has 0 spiro atoms. The summed E-state index contributed by atoms with van der Waals surface area (Å²) in [7, 11) is 0. The zero-order chi connectivity index (χ0) is 24.3. The van der Waals surface area contributed by atoms with Crippen LogP contribution in [0.3, 0.4) is 0 Å². The highest BCUT2D eigenvalue weighted by Gasteiger charge is 2.29. The smallest absolute Gasteiger partial charge is 0.236 e. The third-order valence-electron chi connectivity index (χ3n) is 6.90. The van der Waals surface area contributed by atoms with Crippen molar-refractivity contribution in [2.45, 2.75) is 25.4 Å². The molecule has 1 atom stereocenters. The largest absolute Gasteiger partial charge is 0.486 e. The number of para-hydroxylation sites is 3. The quantitative estimate of drug-likeness (QED) is 0.311. The Labute approximate surface area is 226 Å². The van der Waals surface area contributed by atoms with E-state index in [-0.39, 0.29) is 30.8 Å². The number of furan rings is 1. The molecule has 37 heavy (non-hydrogen) atoms. The molecule has 0 radical (unpaired) electrons. The fourth-order valence-corrected chi connectivity index (χ4v) is 5.96. The van der Waals surface area contributed by atoms with E-state index in [0.29, 0.717) is 24.8 Å². The average Bonchev–Trinajstić information content (AvgIpc) is 3.58. The molecule has 0 aliphatic carbocycles. The van der Waals surface area contributed by atoms with E-state index >= 15 is 0 Å². The first-order valence-electron chi connectivity index (χ1n) is 12.5. The maximum atomic E-state index is 13.4. The number of carbonyl (C=O) groups excluding carboxylic acids is 1. The van der Waals surface area contributed by atoms with Gasteiger partial charge in [-0.05, 0) is 68.2 Å². The number of rotatable bonds is 7. The van der Waals surface area contributed by atoms with Crippen molar-refractivity contribution in [3.63, 3.8) is 0 Å². The van der Waals surface area contributed by atoms with Crippen LogP contribution in [0.15, 0.2) is 71.3 Å². The lowest BCUT2D eigenvalue weighted by Gasteiger charge is -2.36. The minimum absolute atomic E-state index is 0. The number of benzene rings is 2. The van der Waals surface area contributed by atoms with E-state index in [2.05, 4.69) is 11.0 Å². The summed E-state index contributed by atoms with van der Waals surface area (Å²) in [5, 5.41) is 0.765. The van der Waals surface area contributed by atoms with Crippen LogP contribution in [0.4, 0.5) is 5.13 Å². The molecule has 1 unspecified atom stereocenters. The number of anilines is 1. The molecule has 1 fully saturated rings. The maximum Gasteiger partial charge on any atom is 0.236 e. The molecular formula is C28H30ClN3O4S. The van der Waals surface area contributed by atoms with Gasteiger partial charge in [0.2, 0.25) is 5.91 Å². The van der Waals surface area contributed by atoms with Crippen LogP contribution in [0, 0.1) is 5.92 Å². The van der Waals surface area contributed by atoms with Gasteiger partial charge < -0.3 is 13.9 Å². The molecule has 194 valence electrons. The normalized spacial score (nSPS) is 17.9. The first-order valence-corrected chi connectivity index (χ1v) is 13.3. The number of amides is 1. The number of nitrogens with zero attached hydrogens (tertiary/aromatic N) is 3. The molecule has 6 rings (SSSR count). The van der Waals surface area contributed by atoms with Gasteiger partial charge in [0, 0.05) is 13.1 Å². The number of ether oxygens (including phenoxy) is 2. The van der Waals surface area contributed by atoms with Crippen molar-refractivity contribution < 1.29 is 18.7 Å². The van der Waals surface area contributed by atoms with E-state index in [9.17, 15) is 4.79 Å². The zero-order valence-electron chi connectivity index (χ0n) is 20.5. The van der Waals surface area contributed by atoms with Gasteiger partial charge in [0.15, 0.2) is 16.6 Å². The standard InChI is InChI=1S/C28H29N3O4S.ClH/c32-27(16-21-6-5-15-33-21)31(28-29-23-7-1-4-10-26(23)36-28)17-20-11-13-30(14-12-20)18-22-19-34-24-8-2-3-9-25(24)35-22;/h1-10,15,20,22H,11-14,16-19H2;1H. The highest BCUT2D eigenvalue weighted by atomic mass is 35.5. The highest BCUT2D eigenvalue weighted by Crippen LogP contribution is 2.33. The van der Waals surface area contributed by atoms with Gasteiger partial charge in [-0.1, -0.05) is 35.6 Å². The van der Waals surface area contributed by atoms with Crippen molar-refractivity contribution in [3.05, 3.63) is 72.7 Å². The van der Waals surface area contributed by atoms with Crippen LogP contribution >= 0.6 is 23.7 Å². The lowest BCUT2D eigenvalue weighted by Crippen LogP contribution is -2.46. The second-order valence-electron chi connectivity index (χ2n) is 9.47.